The molecule has 1 aliphatic carbocycles. The number of anilines is 1. The summed E-state index contributed by atoms with van der Waals surface area (Å²) < 4.78 is 78.6. The lowest BCUT2D eigenvalue weighted by molar-refractivity contribution is -0.136. The Balaban J connectivity index is 1.32. The van der Waals surface area contributed by atoms with Crippen molar-refractivity contribution in [2.75, 3.05) is 38.0 Å². The Morgan fingerprint density at radius 3 is 2.31 bits per heavy atom. The van der Waals surface area contributed by atoms with E-state index < -0.39 is 41.7 Å². The van der Waals surface area contributed by atoms with Gasteiger partial charge in [0.25, 0.3) is 5.91 Å². The molecular formula is C25H32F6N6O2. The van der Waals surface area contributed by atoms with Gasteiger partial charge in [0.05, 0.1) is 17.2 Å². The van der Waals surface area contributed by atoms with Crippen molar-refractivity contribution < 1.29 is 36.2 Å². The van der Waals surface area contributed by atoms with Gasteiger partial charge in [0.2, 0.25) is 0 Å². The summed E-state index contributed by atoms with van der Waals surface area (Å²) in [6, 6.07) is 3.09. The van der Waals surface area contributed by atoms with Crippen LogP contribution in [-0.4, -0.2) is 83.0 Å². The number of aromatic nitrogens is 2. The van der Waals surface area contributed by atoms with Crippen LogP contribution in [0.2, 0.25) is 0 Å². The fraction of sp³-hybridized carbons (Fsp3) is 0.640. The van der Waals surface area contributed by atoms with Gasteiger partial charge in [-0.25, -0.2) is 9.97 Å². The molecular weight excluding hydrogens is 530 g/mol. The maximum atomic E-state index is 13.7. The minimum Gasteiger partial charge on any atom is -0.393 e. The van der Waals surface area contributed by atoms with Crippen molar-refractivity contribution in [1.29, 1.82) is 0 Å². The van der Waals surface area contributed by atoms with E-state index in [1.807, 2.05) is 5.32 Å². The molecule has 2 aromatic heterocycles. The highest BCUT2D eigenvalue weighted by Crippen LogP contribution is 2.35. The smallest absolute Gasteiger partial charge is 0.393 e. The van der Waals surface area contributed by atoms with Gasteiger partial charge < -0.3 is 26.0 Å². The number of amides is 1. The number of pyridine rings is 2. The van der Waals surface area contributed by atoms with Gasteiger partial charge in [-0.3, -0.25) is 4.79 Å². The molecule has 0 unspecified atom stereocenters. The molecule has 4 N–H and O–H groups in total. The van der Waals surface area contributed by atoms with Crippen molar-refractivity contribution >= 4 is 22.8 Å². The number of aliphatic hydroxyl groups is 1. The van der Waals surface area contributed by atoms with Crippen molar-refractivity contribution in [3.8, 4) is 0 Å². The number of nitrogens with one attached hydrogen (secondary N) is 3. The fourth-order valence-corrected chi connectivity index (χ4v) is 5.00. The third kappa shape index (κ3) is 8.39. The van der Waals surface area contributed by atoms with E-state index in [9.17, 15) is 36.2 Å². The molecule has 8 nitrogen and oxygen atoms in total. The number of carbonyl (C=O) groups excluding carboxylic acids is 1. The Bertz CT molecular complexity index is 1130. The summed E-state index contributed by atoms with van der Waals surface area (Å²) in [4.78, 5) is 22.8. The number of piperidine rings is 1. The third-order valence-corrected chi connectivity index (χ3v) is 7.14. The van der Waals surface area contributed by atoms with E-state index >= 15 is 0 Å². The van der Waals surface area contributed by atoms with E-state index in [0.29, 0.717) is 24.9 Å². The zero-order valence-corrected chi connectivity index (χ0v) is 21.2. The van der Waals surface area contributed by atoms with E-state index in [1.165, 1.54) is 6.07 Å². The lowest BCUT2D eigenvalue weighted by Gasteiger charge is -2.33. The fourth-order valence-electron chi connectivity index (χ4n) is 5.00. The topological polar surface area (TPSA) is 102 Å². The number of likely N-dealkylation sites (tertiary alicyclic amines) is 1. The molecule has 3 heterocycles. The van der Waals surface area contributed by atoms with E-state index in [2.05, 4.69) is 25.5 Å². The Kier molecular flexibility index (Phi) is 9.17. The normalized spacial score (nSPS) is 21.7. The molecule has 0 bridgehead atoms. The van der Waals surface area contributed by atoms with Crippen LogP contribution in [0.15, 0.2) is 18.2 Å². The quantitative estimate of drug-likeness (QED) is 0.364. The van der Waals surface area contributed by atoms with Gasteiger partial charge in [-0.1, -0.05) is 0 Å². The molecule has 1 aliphatic heterocycles. The first-order chi connectivity index (χ1) is 18.4. The molecule has 0 atom stereocenters. The molecule has 0 spiro atoms. The molecule has 0 radical (unpaired) electrons. The molecule has 216 valence electrons. The second-order valence-electron chi connectivity index (χ2n) is 10.1. The van der Waals surface area contributed by atoms with Gasteiger partial charge in [-0.15, -0.1) is 0 Å². The molecule has 14 heteroatoms. The van der Waals surface area contributed by atoms with Crippen molar-refractivity contribution in [3.63, 3.8) is 0 Å². The van der Waals surface area contributed by atoms with Gasteiger partial charge in [0.1, 0.15) is 23.6 Å². The number of nitrogens with zero attached hydrogens (tertiary/aromatic N) is 3. The molecule has 2 fully saturated rings. The predicted octanol–water partition coefficient (Wildman–Crippen LogP) is 3.71. The Labute approximate surface area is 221 Å². The van der Waals surface area contributed by atoms with E-state index in [1.54, 1.807) is 0 Å². The van der Waals surface area contributed by atoms with Gasteiger partial charge in [0.15, 0.2) is 0 Å². The van der Waals surface area contributed by atoms with Crippen LogP contribution in [0.5, 0.6) is 0 Å². The van der Waals surface area contributed by atoms with Crippen LogP contribution in [0.3, 0.4) is 0 Å². The van der Waals surface area contributed by atoms with E-state index in [4.69, 9.17) is 0 Å². The minimum absolute atomic E-state index is 0.159. The number of aliphatic hydroxyl groups excluding tert-OH is 1. The van der Waals surface area contributed by atoms with Crippen molar-refractivity contribution in [1.82, 2.24) is 25.5 Å². The highest BCUT2D eigenvalue weighted by Gasteiger charge is 2.35. The lowest BCUT2D eigenvalue weighted by Crippen LogP contribution is -2.47. The maximum absolute atomic E-state index is 13.7. The predicted molar refractivity (Wildman–Crippen MR) is 132 cm³/mol. The lowest BCUT2D eigenvalue weighted by atomic mass is 9.93. The summed E-state index contributed by atoms with van der Waals surface area (Å²) in [7, 11) is 0. The number of fused-ring (bicyclic) bond motifs is 1. The van der Waals surface area contributed by atoms with Crippen molar-refractivity contribution in [2.45, 2.75) is 69.1 Å². The number of rotatable bonds is 8. The number of hydrogen-bond donors (Lipinski definition) is 4. The second kappa shape index (κ2) is 12.2. The van der Waals surface area contributed by atoms with Gasteiger partial charge >= 0.3 is 12.4 Å². The molecule has 2 aromatic rings. The zero-order chi connectivity index (χ0) is 28.2. The van der Waals surface area contributed by atoms with Crippen LogP contribution in [0.25, 0.3) is 11.0 Å². The maximum Gasteiger partial charge on any atom is 0.418 e. The van der Waals surface area contributed by atoms with Gasteiger partial charge in [0, 0.05) is 38.3 Å². The first kappa shape index (κ1) is 29.3. The average molecular weight is 563 g/mol. The molecule has 1 amide bonds. The van der Waals surface area contributed by atoms with Crippen LogP contribution in [0.4, 0.5) is 32.2 Å². The highest BCUT2D eigenvalue weighted by molar-refractivity contribution is 5.95. The van der Waals surface area contributed by atoms with E-state index in [0.717, 1.165) is 57.9 Å². The first-order valence-corrected chi connectivity index (χ1v) is 13.0. The van der Waals surface area contributed by atoms with Gasteiger partial charge in [-0.05, 0) is 56.7 Å². The minimum atomic E-state index is -4.92. The summed E-state index contributed by atoms with van der Waals surface area (Å²) in [5.74, 6) is -1.21. The number of halogens is 6. The van der Waals surface area contributed by atoms with Crippen LogP contribution >= 0.6 is 0 Å². The van der Waals surface area contributed by atoms with Crippen LogP contribution < -0.4 is 16.0 Å². The van der Waals surface area contributed by atoms with E-state index in [-0.39, 0.29) is 23.4 Å². The number of carbonyl (C=O) groups is 1. The first-order valence-electron chi connectivity index (χ1n) is 13.0. The second-order valence-corrected chi connectivity index (χ2v) is 10.1. The van der Waals surface area contributed by atoms with Crippen molar-refractivity contribution in [3.05, 3.63) is 29.5 Å². The van der Waals surface area contributed by atoms with Crippen LogP contribution in [0.1, 0.15) is 54.6 Å². The summed E-state index contributed by atoms with van der Waals surface area (Å²) in [5, 5.41) is 17.8. The molecule has 4 rings (SSSR count). The highest BCUT2D eigenvalue weighted by atomic mass is 19.4. The number of alkyl halides is 6. The van der Waals surface area contributed by atoms with Gasteiger partial charge in [-0.2, -0.15) is 26.3 Å². The Morgan fingerprint density at radius 2 is 1.67 bits per heavy atom. The summed E-state index contributed by atoms with van der Waals surface area (Å²) >= 11 is 0. The van der Waals surface area contributed by atoms with Crippen LogP contribution in [0, 0.1) is 0 Å². The number of hydrogen-bond acceptors (Lipinski definition) is 7. The zero-order valence-electron chi connectivity index (χ0n) is 21.2. The molecule has 1 saturated carbocycles. The standard InChI is InChI=1S/C25H32F6N6O2/c26-24(27,28)14-33-21-13-18(25(29,30)31)22-19(35-21)5-6-20(36-22)23(39)34-16-7-10-37(11-8-16)12-9-32-15-1-3-17(38)4-2-15/h5-6,13,15-17,32,38H,1-4,7-12,14H2,(H,33,35)(H,34,39). The SMILES string of the molecule is O=C(NC1CCN(CCNC2CCC(O)CC2)CC1)c1ccc2nc(NCC(F)(F)F)cc(C(F)(F)F)c2n1. The Morgan fingerprint density at radius 1 is 0.974 bits per heavy atom. The monoisotopic (exact) mass is 562 g/mol. The summed E-state index contributed by atoms with van der Waals surface area (Å²) in [5.41, 5.74) is -2.40. The molecule has 39 heavy (non-hydrogen) atoms. The summed E-state index contributed by atoms with van der Waals surface area (Å²) in [6.45, 7) is 1.67. The Hall–Kier alpha value is -2.71. The summed E-state index contributed by atoms with van der Waals surface area (Å²) in [6.07, 6.45) is -4.81. The average Bonchev–Trinajstić information content (AvgIpc) is 2.88. The largest absolute Gasteiger partial charge is 0.418 e. The molecule has 1 saturated heterocycles. The van der Waals surface area contributed by atoms with Crippen LogP contribution in [-0.2, 0) is 6.18 Å². The molecule has 0 aromatic carbocycles. The molecule has 2 aliphatic rings. The van der Waals surface area contributed by atoms with Crippen molar-refractivity contribution in [2.24, 2.45) is 0 Å². The third-order valence-electron chi connectivity index (χ3n) is 7.14.